The lowest BCUT2D eigenvalue weighted by atomic mass is 9.80. The summed E-state index contributed by atoms with van der Waals surface area (Å²) >= 11 is 0. The summed E-state index contributed by atoms with van der Waals surface area (Å²) in [5, 5.41) is 9.08. The van der Waals surface area contributed by atoms with Gasteiger partial charge in [-0.05, 0) is 32.1 Å². The molecule has 2 amide bonds. The Morgan fingerprint density at radius 1 is 1.00 bits per heavy atom. The van der Waals surface area contributed by atoms with Crippen LogP contribution in [0.5, 0.6) is 0 Å². The van der Waals surface area contributed by atoms with Crippen LogP contribution in [0.25, 0.3) is 0 Å². The molecule has 6 nitrogen and oxygen atoms in total. The Hall–Kier alpha value is -1.59. The number of aliphatic carboxylic acids is 1. The van der Waals surface area contributed by atoms with Crippen LogP contribution in [0.1, 0.15) is 38.5 Å². The number of carboxylic acids is 1. The Morgan fingerprint density at radius 2 is 1.65 bits per heavy atom. The summed E-state index contributed by atoms with van der Waals surface area (Å²) in [4.78, 5) is 36.5. The molecule has 3 N–H and O–H groups in total. The van der Waals surface area contributed by atoms with Crippen molar-refractivity contribution in [1.29, 1.82) is 0 Å². The van der Waals surface area contributed by atoms with Crippen molar-refractivity contribution in [3.63, 3.8) is 0 Å². The van der Waals surface area contributed by atoms with Gasteiger partial charge in [-0.25, -0.2) is 0 Å². The van der Waals surface area contributed by atoms with Gasteiger partial charge >= 0.3 is 5.97 Å². The van der Waals surface area contributed by atoms with E-state index in [1.54, 1.807) is 4.90 Å². The van der Waals surface area contributed by atoms with Gasteiger partial charge in [-0.15, -0.1) is 0 Å². The summed E-state index contributed by atoms with van der Waals surface area (Å²) in [6, 6.07) is 0. The molecule has 2 aliphatic rings. The summed E-state index contributed by atoms with van der Waals surface area (Å²) in [7, 11) is 0. The number of carbonyl (C=O) groups excluding carboxylic acids is 2. The minimum absolute atomic E-state index is 0.00176. The number of hydrogen-bond donors (Lipinski definition) is 2. The van der Waals surface area contributed by atoms with Crippen molar-refractivity contribution in [3.05, 3.63) is 0 Å². The fraction of sp³-hybridized carbons (Fsp3) is 0.786. The fourth-order valence-corrected chi connectivity index (χ4v) is 3.31. The highest BCUT2D eigenvalue weighted by Gasteiger charge is 2.35. The van der Waals surface area contributed by atoms with E-state index in [-0.39, 0.29) is 23.7 Å². The Morgan fingerprint density at radius 3 is 2.30 bits per heavy atom. The van der Waals surface area contributed by atoms with E-state index in [1.165, 1.54) is 0 Å². The number of rotatable bonds is 3. The van der Waals surface area contributed by atoms with Crippen molar-refractivity contribution in [1.82, 2.24) is 4.90 Å². The van der Waals surface area contributed by atoms with E-state index in [9.17, 15) is 14.4 Å². The molecule has 1 saturated carbocycles. The third kappa shape index (κ3) is 3.29. The van der Waals surface area contributed by atoms with Gasteiger partial charge in [0.25, 0.3) is 0 Å². The topological polar surface area (TPSA) is 101 Å². The smallest absolute Gasteiger partial charge is 0.306 e. The quantitative estimate of drug-likeness (QED) is 0.791. The van der Waals surface area contributed by atoms with Crippen LogP contribution in [0.15, 0.2) is 0 Å². The van der Waals surface area contributed by atoms with Gasteiger partial charge in [-0.2, -0.15) is 0 Å². The maximum Gasteiger partial charge on any atom is 0.306 e. The molecule has 0 aromatic rings. The van der Waals surface area contributed by atoms with Crippen molar-refractivity contribution in [2.24, 2.45) is 23.5 Å². The first-order valence-electron chi connectivity index (χ1n) is 7.30. The molecule has 0 aromatic heterocycles. The second-order valence-corrected chi connectivity index (χ2v) is 5.92. The molecule has 0 unspecified atom stereocenters. The maximum atomic E-state index is 12.5. The molecule has 20 heavy (non-hydrogen) atoms. The van der Waals surface area contributed by atoms with Crippen LogP contribution in [0, 0.1) is 17.8 Å². The summed E-state index contributed by atoms with van der Waals surface area (Å²) in [6.45, 7) is 1.04. The SMILES string of the molecule is NC(=O)[C@@H]1CCCN(C(=O)[C@@H]2CCC[C@@H](C(=O)O)C2)C1. The highest BCUT2D eigenvalue weighted by Crippen LogP contribution is 2.31. The van der Waals surface area contributed by atoms with Gasteiger partial charge in [0.1, 0.15) is 0 Å². The number of likely N-dealkylation sites (tertiary alicyclic amines) is 1. The molecule has 2 fully saturated rings. The molecule has 0 bridgehead atoms. The predicted molar refractivity (Wildman–Crippen MR) is 71.6 cm³/mol. The zero-order valence-corrected chi connectivity index (χ0v) is 11.6. The fourth-order valence-electron chi connectivity index (χ4n) is 3.31. The predicted octanol–water partition coefficient (Wildman–Crippen LogP) is 0.601. The number of carboxylic acid groups (broad SMARTS) is 1. The molecular formula is C14H22N2O4. The molecule has 3 atom stereocenters. The lowest BCUT2D eigenvalue weighted by Crippen LogP contribution is -2.47. The molecule has 0 aromatic carbocycles. The van der Waals surface area contributed by atoms with Crippen LogP contribution in [-0.2, 0) is 14.4 Å². The monoisotopic (exact) mass is 282 g/mol. The molecule has 2 rings (SSSR count). The van der Waals surface area contributed by atoms with Crippen LogP contribution < -0.4 is 5.73 Å². The number of carbonyl (C=O) groups is 3. The highest BCUT2D eigenvalue weighted by molar-refractivity contribution is 5.82. The Labute approximate surface area is 118 Å². The van der Waals surface area contributed by atoms with E-state index in [0.29, 0.717) is 25.9 Å². The Kier molecular flexibility index (Phi) is 4.62. The van der Waals surface area contributed by atoms with Crippen LogP contribution in [0.3, 0.4) is 0 Å². The number of amides is 2. The number of hydrogen-bond acceptors (Lipinski definition) is 3. The summed E-state index contributed by atoms with van der Waals surface area (Å²) < 4.78 is 0. The van der Waals surface area contributed by atoms with Gasteiger partial charge in [0.15, 0.2) is 0 Å². The van der Waals surface area contributed by atoms with Gasteiger partial charge < -0.3 is 15.7 Å². The Balaban J connectivity index is 1.96. The number of piperidine rings is 1. The van der Waals surface area contributed by atoms with Crippen molar-refractivity contribution >= 4 is 17.8 Å². The number of nitrogens with zero attached hydrogens (tertiary/aromatic N) is 1. The van der Waals surface area contributed by atoms with Gasteiger partial charge in [-0.1, -0.05) is 6.42 Å². The molecule has 112 valence electrons. The highest BCUT2D eigenvalue weighted by atomic mass is 16.4. The zero-order chi connectivity index (χ0) is 14.7. The van der Waals surface area contributed by atoms with Crippen molar-refractivity contribution < 1.29 is 19.5 Å². The van der Waals surface area contributed by atoms with Crippen molar-refractivity contribution in [2.75, 3.05) is 13.1 Å². The van der Waals surface area contributed by atoms with Gasteiger partial charge in [0.2, 0.25) is 11.8 Å². The molecule has 0 radical (unpaired) electrons. The van der Waals surface area contributed by atoms with Gasteiger partial charge in [0, 0.05) is 19.0 Å². The second-order valence-electron chi connectivity index (χ2n) is 5.92. The van der Waals surface area contributed by atoms with E-state index < -0.39 is 11.9 Å². The lowest BCUT2D eigenvalue weighted by molar-refractivity contribution is -0.146. The van der Waals surface area contributed by atoms with E-state index in [2.05, 4.69) is 0 Å². The molecule has 1 saturated heterocycles. The average Bonchev–Trinajstić information content (AvgIpc) is 2.46. The van der Waals surface area contributed by atoms with E-state index >= 15 is 0 Å². The Bertz CT molecular complexity index is 374. The van der Waals surface area contributed by atoms with Gasteiger partial charge in [0.05, 0.1) is 11.8 Å². The largest absolute Gasteiger partial charge is 0.481 e. The molecular weight excluding hydrogens is 260 g/mol. The maximum absolute atomic E-state index is 12.5. The molecule has 1 aliphatic heterocycles. The number of primary amides is 1. The first-order chi connectivity index (χ1) is 9.49. The third-order valence-corrected chi connectivity index (χ3v) is 4.51. The third-order valence-electron chi connectivity index (χ3n) is 4.51. The average molecular weight is 282 g/mol. The lowest BCUT2D eigenvalue weighted by Gasteiger charge is -2.35. The summed E-state index contributed by atoms with van der Waals surface area (Å²) in [5.74, 6) is -2.04. The molecule has 1 heterocycles. The summed E-state index contributed by atoms with van der Waals surface area (Å²) in [5.41, 5.74) is 5.32. The van der Waals surface area contributed by atoms with Crippen LogP contribution in [0.4, 0.5) is 0 Å². The van der Waals surface area contributed by atoms with Crippen LogP contribution in [0.2, 0.25) is 0 Å². The van der Waals surface area contributed by atoms with E-state index in [1.807, 2.05) is 0 Å². The van der Waals surface area contributed by atoms with Crippen LogP contribution in [-0.4, -0.2) is 40.9 Å². The summed E-state index contributed by atoms with van der Waals surface area (Å²) in [6.07, 6.45) is 4.13. The number of nitrogens with two attached hydrogens (primary N) is 1. The van der Waals surface area contributed by atoms with Crippen molar-refractivity contribution in [2.45, 2.75) is 38.5 Å². The molecule has 1 aliphatic carbocycles. The first kappa shape index (κ1) is 14.8. The minimum atomic E-state index is -0.809. The van der Waals surface area contributed by atoms with Crippen molar-refractivity contribution in [3.8, 4) is 0 Å². The normalized spacial score (nSPS) is 30.8. The van der Waals surface area contributed by atoms with E-state index in [4.69, 9.17) is 10.8 Å². The molecule has 0 spiro atoms. The second kappa shape index (κ2) is 6.24. The first-order valence-corrected chi connectivity index (χ1v) is 7.30. The van der Waals surface area contributed by atoms with Gasteiger partial charge in [-0.3, -0.25) is 14.4 Å². The van der Waals surface area contributed by atoms with Crippen LogP contribution >= 0.6 is 0 Å². The minimum Gasteiger partial charge on any atom is -0.481 e. The standard InChI is InChI=1S/C14H22N2O4/c15-12(17)11-5-2-6-16(8-11)13(18)9-3-1-4-10(7-9)14(19)20/h9-11H,1-8H2,(H2,15,17)(H,19,20)/t9-,10-,11-/m1/s1. The molecule has 6 heteroatoms. The van der Waals surface area contributed by atoms with E-state index in [0.717, 1.165) is 25.7 Å². The zero-order valence-electron chi connectivity index (χ0n) is 11.6.